The summed E-state index contributed by atoms with van der Waals surface area (Å²) in [5, 5.41) is 38.3. The second kappa shape index (κ2) is 31.8. The zero-order chi connectivity index (χ0) is 33.4. The lowest BCUT2D eigenvalue weighted by molar-refractivity contribution is -0.261. The van der Waals surface area contributed by atoms with Gasteiger partial charge in [0.1, 0.15) is 24.4 Å². The fraction of sp³-hybridized carbons (Fsp3) is 0.750. The molecule has 0 radical (unpaired) electrons. The second-order valence-corrected chi connectivity index (χ2v) is 9.74. The van der Waals surface area contributed by atoms with Crippen LogP contribution in [0.2, 0.25) is 0 Å². The summed E-state index contributed by atoms with van der Waals surface area (Å²) in [6, 6.07) is 0. The van der Waals surface area contributed by atoms with Crippen molar-refractivity contribution in [2.75, 3.05) is 66.1 Å². The van der Waals surface area contributed by atoms with Crippen molar-refractivity contribution in [1.82, 2.24) is 0 Å². The molecule has 0 saturated carbocycles. The van der Waals surface area contributed by atoms with Crippen LogP contribution in [-0.4, -0.2) is 123 Å². The van der Waals surface area contributed by atoms with Crippen LogP contribution in [0.4, 0.5) is 0 Å². The molecule has 0 aliphatic carbocycles. The minimum absolute atomic E-state index is 0.0599. The minimum Gasteiger partial charge on any atom is -0.494 e. The molecule has 0 aliphatic rings. The number of allylic oxidation sites excluding steroid dienone is 4. The Morgan fingerprint density at radius 3 is 1.07 bits per heavy atom. The molecule has 4 N–H and O–H groups in total. The molecule has 13 nitrogen and oxygen atoms in total. The summed E-state index contributed by atoms with van der Waals surface area (Å²) < 4.78 is 51.3. The van der Waals surface area contributed by atoms with Crippen molar-refractivity contribution in [1.29, 1.82) is 0 Å². The maximum absolute atomic E-state index is 9.70. The first-order valence-electron chi connectivity index (χ1n) is 15.6. The average Bonchev–Trinajstić information content (AvgIpc) is 3.06. The van der Waals surface area contributed by atoms with E-state index in [2.05, 4.69) is 0 Å². The predicted molar refractivity (Wildman–Crippen MR) is 168 cm³/mol. The van der Waals surface area contributed by atoms with Gasteiger partial charge in [0.25, 0.3) is 0 Å². The number of rotatable bonds is 32. The summed E-state index contributed by atoms with van der Waals surface area (Å²) in [6.07, 6.45) is 11.2. The van der Waals surface area contributed by atoms with Crippen LogP contribution < -0.4 is 0 Å². The highest BCUT2D eigenvalue weighted by Crippen LogP contribution is 2.16. The van der Waals surface area contributed by atoms with Gasteiger partial charge in [0.15, 0.2) is 12.6 Å². The molecule has 0 spiro atoms. The van der Waals surface area contributed by atoms with Crippen LogP contribution in [0.25, 0.3) is 0 Å². The molecule has 0 heterocycles. The molecule has 0 aromatic heterocycles. The van der Waals surface area contributed by atoms with Crippen molar-refractivity contribution in [3.8, 4) is 0 Å². The van der Waals surface area contributed by atoms with Gasteiger partial charge in [-0.25, -0.2) is 0 Å². The minimum atomic E-state index is -0.743. The van der Waals surface area contributed by atoms with Crippen LogP contribution in [0, 0.1) is 0 Å². The van der Waals surface area contributed by atoms with E-state index < -0.39 is 37.0 Å². The Labute approximate surface area is 268 Å². The first kappa shape index (κ1) is 42.8. The van der Waals surface area contributed by atoms with Gasteiger partial charge >= 0.3 is 0 Å². The highest BCUT2D eigenvalue weighted by Gasteiger charge is 2.22. The summed E-state index contributed by atoms with van der Waals surface area (Å²) in [4.78, 5) is 0. The standard InChI is InChI=1S/C32H58O13/c1-5-13-39-27(19-33)23-37-17-9-11-31(43-25-29(21-35)41-15-7-3)45-32(44-26-30(22-36)42-16-8-4)12-10-18-38-24-28(20-34)40-14-6-2/h5-8,13-16,27-36H,9-12,17-26H2,1-4H3. The van der Waals surface area contributed by atoms with Gasteiger partial charge in [-0.15, -0.1) is 0 Å². The van der Waals surface area contributed by atoms with Crippen LogP contribution in [0.15, 0.2) is 49.4 Å². The van der Waals surface area contributed by atoms with E-state index in [-0.39, 0.29) is 52.9 Å². The Hall–Kier alpha value is -2.20. The smallest absolute Gasteiger partial charge is 0.161 e. The van der Waals surface area contributed by atoms with Gasteiger partial charge in [-0.05, 0) is 40.5 Å². The second-order valence-electron chi connectivity index (χ2n) is 9.74. The quantitative estimate of drug-likeness (QED) is 0.0478. The van der Waals surface area contributed by atoms with E-state index in [1.165, 1.54) is 25.0 Å². The Morgan fingerprint density at radius 2 is 0.778 bits per heavy atom. The third kappa shape index (κ3) is 24.7. The number of ether oxygens (including phenoxy) is 9. The van der Waals surface area contributed by atoms with E-state index >= 15 is 0 Å². The number of hydrogen-bond donors (Lipinski definition) is 4. The van der Waals surface area contributed by atoms with Gasteiger partial charge in [-0.3, -0.25) is 0 Å². The highest BCUT2D eigenvalue weighted by molar-refractivity contribution is 4.72. The molecular formula is C32H58O13. The van der Waals surface area contributed by atoms with Gasteiger partial charge in [0.2, 0.25) is 0 Å². The van der Waals surface area contributed by atoms with Crippen LogP contribution in [0.3, 0.4) is 0 Å². The third-order valence-corrected chi connectivity index (χ3v) is 5.75. The van der Waals surface area contributed by atoms with E-state index in [0.29, 0.717) is 38.9 Å². The Morgan fingerprint density at radius 1 is 0.467 bits per heavy atom. The van der Waals surface area contributed by atoms with Gasteiger partial charge in [-0.1, -0.05) is 24.3 Å². The lowest BCUT2D eigenvalue weighted by atomic mass is 10.3. The van der Waals surface area contributed by atoms with Crippen molar-refractivity contribution in [3.63, 3.8) is 0 Å². The van der Waals surface area contributed by atoms with Crippen molar-refractivity contribution in [2.24, 2.45) is 0 Å². The van der Waals surface area contributed by atoms with Gasteiger partial charge in [0.05, 0.1) is 77.9 Å². The predicted octanol–water partition coefficient (Wildman–Crippen LogP) is 2.93. The SMILES string of the molecule is CC=COC(CO)COCCCC(OCC(CO)OC=CC)OC(CCCOCC(CO)OC=CC)OCC(CO)OC=CC. The molecule has 0 saturated heterocycles. The molecule has 0 rings (SSSR count). The highest BCUT2D eigenvalue weighted by atomic mass is 16.8. The Bertz CT molecular complexity index is 687. The summed E-state index contributed by atoms with van der Waals surface area (Å²) >= 11 is 0. The summed E-state index contributed by atoms with van der Waals surface area (Å²) in [5.74, 6) is 0. The van der Waals surface area contributed by atoms with E-state index in [1.807, 2.05) is 13.8 Å². The van der Waals surface area contributed by atoms with Crippen LogP contribution in [-0.2, 0) is 42.6 Å². The summed E-state index contributed by atoms with van der Waals surface area (Å²) in [5.41, 5.74) is 0. The maximum Gasteiger partial charge on any atom is 0.161 e. The maximum atomic E-state index is 9.70. The molecule has 264 valence electrons. The number of hydrogen-bond acceptors (Lipinski definition) is 13. The molecule has 0 fully saturated rings. The zero-order valence-electron chi connectivity index (χ0n) is 27.4. The Kier molecular flexibility index (Phi) is 30.2. The molecule has 0 amide bonds. The van der Waals surface area contributed by atoms with E-state index in [9.17, 15) is 20.4 Å². The van der Waals surface area contributed by atoms with E-state index in [4.69, 9.17) is 42.6 Å². The van der Waals surface area contributed by atoms with Gasteiger partial charge < -0.3 is 63.1 Å². The number of aliphatic hydroxyl groups is 4. The lowest BCUT2D eigenvalue weighted by Gasteiger charge is -2.28. The van der Waals surface area contributed by atoms with Crippen LogP contribution in [0.1, 0.15) is 53.4 Å². The molecule has 0 aliphatic heterocycles. The topological polar surface area (TPSA) is 164 Å². The van der Waals surface area contributed by atoms with Crippen molar-refractivity contribution >= 4 is 0 Å². The molecule has 6 unspecified atom stereocenters. The normalized spacial score (nSPS) is 16.4. The molecule has 0 bridgehead atoms. The van der Waals surface area contributed by atoms with Gasteiger partial charge in [0, 0.05) is 26.1 Å². The Balaban J connectivity index is 5.34. The van der Waals surface area contributed by atoms with Crippen molar-refractivity contribution in [2.45, 2.75) is 90.4 Å². The third-order valence-electron chi connectivity index (χ3n) is 5.75. The first-order chi connectivity index (χ1) is 22.0. The fourth-order valence-electron chi connectivity index (χ4n) is 3.41. The van der Waals surface area contributed by atoms with E-state index in [1.54, 1.807) is 38.2 Å². The molecule has 45 heavy (non-hydrogen) atoms. The number of aliphatic hydroxyl groups excluding tert-OH is 4. The molecule has 0 aromatic rings. The van der Waals surface area contributed by atoms with E-state index in [0.717, 1.165) is 0 Å². The molecular weight excluding hydrogens is 592 g/mol. The molecule has 13 heteroatoms. The van der Waals surface area contributed by atoms with Crippen LogP contribution in [0.5, 0.6) is 0 Å². The van der Waals surface area contributed by atoms with Crippen molar-refractivity contribution in [3.05, 3.63) is 49.4 Å². The van der Waals surface area contributed by atoms with Gasteiger partial charge in [-0.2, -0.15) is 0 Å². The summed E-state index contributed by atoms with van der Waals surface area (Å²) in [7, 11) is 0. The van der Waals surface area contributed by atoms with Crippen molar-refractivity contribution < 1.29 is 63.1 Å². The largest absolute Gasteiger partial charge is 0.494 e. The lowest BCUT2D eigenvalue weighted by Crippen LogP contribution is -2.34. The summed E-state index contributed by atoms with van der Waals surface area (Å²) in [6.45, 7) is 7.67. The monoisotopic (exact) mass is 650 g/mol. The molecule has 0 aromatic carbocycles. The zero-order valence-corrected chi connectivity index (χ0v) is 27.4. The molecule has 6 atom stereocenters. The first-order valence-corrected chi connectivity index (χ1v) is 15.6. The van der Waals surface area contributed by atoms with Crippen LogP contribution >= 0.6 is 0 Å². The fourth-order valence-corrected chi connectivity index (χ4v) is 3.41. The average molecular weight is 651 g/mol.